The number of rotatable bonds is 7. The quantitative estimate of drug-likeness (QED) is 0.667. The van der Waals surface area contributed by atoms with E-state index in [-0.39, 0.29) is 17.1 Å². The Hall–Kier alpha value is -1.38. The van der Waals surface area contributed by atoms with Gasteiger partial charge in [-0.25, -0.2) is 17.9 Å². The molecule has 0 aliphatic heterocycles. The Labute approximate surface area is 111 Å². The van der Waals surface area contributed by atoms with Crippen molar-refractivity contribution >= 4 is 16.0 Å². The van der Waals surface area contributed by atoms with E-state index in [2.05, 4.69) is 4.72 Å². The van der Waals surface area contributed by atoms with E-state index in [1.807, 2.05) is 6.92 Å². The second-order valence-electron chi connectivity index (χ2n) is 4.26. The van der Waals surface area contributed by atoms with Crippen molar-refractivity contribution in [2.45, 2.75) is 37.8 Å². The van der Waals surface area contributed by atoms with Crippen molar-refractivity contribution in [1.29, 1.82) is 0 Å². The fraction of sp³-hybridized carbons (Fsp3) is 0.545. The van der Waals surface area contributed by atoms with E-state index in [1.54, 1.807) is 0 Å². The molecule has 0 saturated carbocycles. The van der Waals surface area contributed by atoms with E-state index >= 15 is 0 Å². The highest BCUT2D eigenvalue weighted by Crippen LogP contribution is 2.15. The van der Waals surface area contributed by atoms with Gasteiger partial charge in [0.25, 0.3) is 0 Å². The first-order valence-electron chi connectivity index (χ1n) is 5.89. The Morgan fingerprint density at radius 2 is 2.16 bits per heavy atom. The number of nitrogens with one attached hydrogen (secondary N) is 1. The lowest BCUT2D eigenvalue weighted by Gasteiger charge is -2.06. The van der Waals surface area contributed by atoms with Crippen LogP contribution in [0.5, 0.6) is 0 Å². The number of aromatic nitrogens is 1. The number of sulfonamides is 1. The third-order valence-electron chi connectivity index (χ3n) is 2.43. The fourth-order valence-corrected chi connectivity index (χ4v) is 2.71. The third-order valence-corrected chi connectivity index (χ3v) is 3.82. The predicted octanol–water partition coefficient (Wildman–Crippen LogP) is 0.255. The van der Waals surface area contributed by atoms with Gasteiger partial charge in [-0.05, 0) is 19.4 Å². The van der Waals surface area contributed by atoms with Gasteiger partial charge in [-0.2, -0.15) is 0 Å². The summed E-state index contributed by atoms with van der Waals surface area (Å²) in [7, 11) is -3.80. The van der Waals surface area contributed by atoms with Gasteiger partial charge in [0.1, 0.15) is 10.6 Å². The molecule has 0 spiro atoms. The van der Waals surface area contributed by atoms with Gasteiger partial charge in [-0.1, -0.05) is 6.92 Å². The van der Waals surface area contributed by atoms with E-state index in [0.717, 1.165) is 6.07 Å². The molecule has 19 heavy (non-hydrogen) atoms. The van der Waals surface area contributed by atoms with Crippen LogP contribution in [0.4, 0.5) is 0 Å². The maximum Gasteiger partial charge on any atom is 0.352 e. The molecular weight excluding hydrogens is 272 g/mol. The van der Waals surface area contributed by atoms with Crippen LogP contribution in [0.2, 0.25) is 0 Å². The molecule has 0 radical (unpaired) electrons. The van der Waals surface area contributed by atoms with Crippen LogP contribution < -0.4 is 4.72 Å². The molecule has 0 fully saturated rings. The number of aliphatic hydroxyl groups excluding tert-OH is 1. The molecule has 0 amide bonds. The van der Waals surface area contributed by atoms with Crippen LogP contribution in [-0.4, -0.2) is 41.8 Å². The van der Waals surface area contributed by atoms with Crippen LogP contribution in [0.3, 0.4) is 0 Å². The van der Waals surface area contributed by atoms with Crippen molar-refractivity contribution < 1.29 is 23.4 Å². The molecule has 1 aromatic heterocycles. The molecule has 3 N–H and O–H groups in total. The SMILES string of the molecule is CCCn1cc(S(=O)(=O)NC[C@@H](C)O)cc1C(=O)O. The van der Waals surface area contributed by atoms with Crippen LogP contribution in [0.1, 0.15) is 30.8 Å². The first-order valence-corrected chi connectivity index (χ1v) is 7.37. The summed E-state index contributed by atoms with van der Waals surface area (Å²) in [6.07, 6.45) is 1.17. The maximum atomic E-state index is 11.9. The van der Waals surface area contributed by atoms with Gasteiger partial charge in [0.05, 0.1) is 6.10 Å². The van der Waals surface area contributed by atoms with Gasteiger partial charge in [-0.15, -0.1) is 0 Å². The van der Waals surface area contributed by atoms with Crippen LogP contribution in [0, 0.1) is 0 Å². The van der Waals surface area contributed by atoms with Gasteiger partial charge in [0, 0.05) is 19.3 Å². The summed E-state index contributed by atoms with van der Waals surface area (Å²) in [6, 6.07) is 1.11. The summed E-state index contributed by atoms with van der Waals surface area (Å²) in [6.45, 7) is 3.62. The summed E-state index contributed by atoms with van der Waals surface area (Å²) < 4.78 is 27.4. The molecule has 1 heterocycles. The smallest absolute Gasteiger partial charge is 0.352 e. The average Bonchev–Trinajstić information content (AvgIpc) is 2.72. The van der Waals surface area contributed by atoms with Gasteiger partial charge < -0.3 is 14.8 Å². The summed E-state index contributed by atoms with van der Waals surface area (Å²) in [5.41, 5.74) is -0.0701. The van der Waals surface area contributed by atoms with Crippen LogP contribution >= 0.6 is 0 Å². The van der Waals surface area contributed by atoms with Crippen molar-refractivity contribution in [1.82, 2.24) is 9.29 Å². The molecule has 0 aliphatic rings. The zero-order valence-electron chi connectivity index (χ0n) is 10.8. The number of hydrogen-bond donors (Lipinski definition) is 3. The summed E-state index contributed by atoms with van der Waals surface area (Å²) in [5, 5.41) is 18.1. The number of carboxylic acid groups (broad SMARTS) is 1. The lowest BCUT2D eigenvalue weighted by Crippen LogP contribution is -2.30. The average molecular weight is 290 g/mol. The summed E-state index contributed by atoms with van der Waals surface area (Å²) >= 11 is 0. The number of carboxylic acids is 1. The number of aliphatic hydroxyl groups is 1. The van der Waals surface area contributed by atoms with Crippen LogP contribution in [-0.2, 0) is 16.6 Å². The number of aryl methyl sites for hydroxylation is 1. The van der Waals surface area contributed by atoms with E-state index in [4.69, 9.17) is 10.2 Å². The molecule has 0 saturated heterocycles. The van der Waals surface area contributed by atoms with Crippen molar-refractivity contribution in [2.24, 2.45) is 0 Å². The predicted molar refractivity (Wildman–Crippen MR) is 68.6 cm³/mol. The molecule has 1 rings (SSSR count). The fourth-order valence-electron chi connectivity index (χ4n) is 1.55. The Kier molecular flexibility index (Phi) is 5.10. The molecule has 8 heteroatoms. The van der Waals surface area contributed by atoms with Gasteiger partial charge in [0.2, 0.25) is 10.0 Å². The topological polar surface area (TPSA) is 109 Å². The molecular formula is C11H18N2O5S. The van der Waals surface area contributed by atoms with Crippen molar-refractivity contribution in [3.05, 3.63) is 18.0 Å². The molecule has 1 aromatic rings. The Morgan fingerprint density at radius 3 is 2.63 bits per heavy atom. The minimum Gasteiger partial charge on any atom is -0.477 e. The number of nitrogens with zero attached hydrogens (tertiary/aromatic N) is 1. The summed E-state index contributed by atoms with van der Waals surface area (Å²) in [5.74, 6) is -1.18. The molecule has 108 valence electrons. The largest absolute Gasteiger partial charge is 0.477 e. The zero-order valence-corrected chi connectivity index (χ0v) is 11.6. The monoisotopic (exact) mass is 290 g/mol. The highest BCUT2D eigenvalue weighted by atomic mass is 32.2. The zero-order chi connectivity index (χ0) is 14.6. The van der Waals surface area contributed by atoms with Gasteiger partial charge in [0.15, 0.2) is 0 Å². The van der Waals surface area contributed by atoms with E-state index in [9.17, 15) is 13.2 Å². The van der Waals surface area contributed by atoms with Crippen LogP contribution in [0.25, 0.3) is 0 Å². The number of hydrogen-bond acceptors (Lipinski definition) is 4. The third kappa shape index (κ3) is 4.05. The molecule has 7 nitrogen and oxygen atoms in total. The van der Waals surface area contributed by atoms with Crippen LogP contribution in [0.15, 0.2) is 17.2 Å². The highest BCUT2D eigenvalue weighted by molar-refractivity contribution is 7.89. The van der Waals surface area contributed by atoms with E-state index in [0.29, 0.717) is 13.0 Å². The number of carbonyl (C=O) groups is 1. The Morgan fingerprint density at radius 1 is 1.53 bits per heavy atom. The minimum atomic E-state index is -3.80. The lowest BCUT2D eigenvalue weighted by molar-refractivity contribution is 0.0685. The molecule has 0 aromatic carbocycles. The molecule has 0 unspecified atom stereocenters. The van der Waals surface area contributed by atoms with E-state index < -0.39 is 22.1 Å². The Balaban J connectivity index is 3.07. The standard InChI is InChI=1S/C11H18N2O5S/c1-3-4-13-7-9(5-10(13)11(15)16)19(17,18)12-6-8(2)14/h5,7-8,12,14H,3-4,6H2,1-2H3,(H,15,16)/t8-/m1/s1. The normalized spacial score (nSPS) is 13.4. The highest BCUT2D eigenvalue weighted by Gasteiger charge is 2.21. The van der Waals surface area contributed by atoms with E-state index in [1.165, 1.54) is 17.7 Å². The number of aromatic carboxylic acids is 1. The second-order valence-corrected chi connectivity index (χ2v) is 6.03. The minimum absolute atomic E-state index is 0.0701. The van der Waals surface area contributed by atoms with Gasteiger partial charge >= 0.3 is 5.97 Å². The second kappa shape index (κ2) is 6.18. The van der Waals surface area contributed by atoms with Crippen molar-refractivity contribution in [2.75, 3.05) is 6.54 Å². The lowest BCUT2D eigenvalue weighted by atomic mass is 10.4. The maximum absolute atomic E-state index is 11.9. The van der Waals surface area contributed by atoms with Gasteiger partial charge in [-0.3, -0.25) is 0 Å². The molecule has 1 atom stereocenters. The first kappa shape index (κ1) is 15.7. The van der Waals surface area contributed by atoms with Crippen molar-refractivity contribution in [3.8, 4) is 0 Å². The molecule has 0 bridgehead atoms. The van der Waals surface area contributed by atoms with Crippen molar-refractivity contribution in [3.63, 3.8) is 0 Å². The summed E-state index contributed by atoms with van der Waals surface area (Å²) in [4.78, 5) is 10.9. The molecule has 0 aliphatic carbocycles. The Bertz CT molecular complexity index is 547. The first-order chi connectivity index (χ1) is 8.77.